The van der Waals surface area contributed by atoms with Crippen molar-refractivity contribution in [3.63, 3.8) is 0 Å². The van der Waals surface area contributed by atoms with Crippen LogP contribution >= 0.6 is 23.1 Å². The van der Waals surface area contributed by atoms with E-state index in [2.05, 4.69) is 10.4 Å². The summed E-state index contributed by atoms with van der Waals surface area (Å²) in [5.41, 5.74) is 9.18. The van der Waals surface area contributed by atoms with Crippen molar-refractivity contribution in [1.29, 1.82) is 0 Å². The Morgan fingerprint density at radius 1 is 1.43 bits per heavy atom. The first-order valence-corrected chi connectivity index (χ1v) is 8.00. The van der Waals surface area contributed by atoms with Gasteiger partial charge in [-0.25, -0.2) is 10.8 Å². The van der Waals surface area contributed by atoms with Crippen molar-refractivity contribution in [2.24, 2.45) is 5.84 Å². The fourth-order valence-corrected chi connectivity index (χ4v) is 3.53. The molecule has 2 aromatic rings. The van der Waals surface area contributed by atoms with E-state index in [-0.39, 0.29) is 5.91 Å². The van der Waals surface area contributed by atoms with E-state index in [0.29, 0.717) is 23.1 Å². The number of nitrogens with two attached hydrogens (primary N) is 2. The van der Waals surface area contributed by atoms with E-state index in [1.807, 2.05) is 6.92 Å². The second-order valence-electron chi connectivity index (χ2n) is 4.12. The second kappa shape index (κ2) is 7.30. The largest absolute Gasteiger partial charge is 0.493 e. The summed E-state index contributed by atoms with van der Waals surface area (Å²) in [5, 5.41) is 0.588. The number of rotatable bonds is 6. The number of hydrogen-bond donors (Lipinski definition) is 3. The molecule has 0 aliphatic heterocycles. The van der Waals surface area contributed by atoms with E-state index in [1.54, 1.807) is 36.0 Å². The molecule has 0 aliphatic carbocycles. The number of benzene rings is 1. The Hall–Kier alpha value is -1.77. The molecule has 0 saturated carbocycles. The Morgan fingerprint density at radius 2 is 2.14 bits per heavy atom. The van der Waals surface area contributed by atoms with Gasteiger partial charge in [-0.1, -0.05) is 11.3 Å². The van der Waals surface area contributed by atoms with Gasteiger partial charge in [-0.05, 0) is 31.2 Å². The molecular weight excluding hydrogens is 308 g/mol. The molecule has 1 amide bonds. The average molecular weight is 324 g/mol. The number of carbonyl (C=O) groups is 1. The minimum atomic E-state index is -0.324. The van der Waals surface area contributed by atoms with Gasteiger partial charge in [0, 0.05) is 11.3 Å². The number of thioether (sulfide) groups is 1. The molecule has 1 aromatic heterocycles. The lowest BCUT2D eigenvalue weighted by molar-refractivity contribution is 0.0953. The van der Waals surface area contributed by atoms with Gasteiger partial charge in [0.1, 0.15) is 5.75 Å². The summed E-state index contributed by atoms with van der Waals surface area (Å²) >= 11 is 3.16. The van der Waals surface area contributed by atoms with Crippen molar-refractivity contribution in [3.05, 3.63) is 35.5 Å². The van der Waals surface area contributed by atoms with Crippen LogP contribution in [0.5, 0.6) is 5.75 Å². The molecule has 0 unspecified atom stereocenters. The lowest BCUT2D eigenvalue weighted by Gasteiger charge is -2.06. The molecule has 1 aromatic carbocycles. The molecule has 0 bridgehead atoms. The molecule has 0 spiro atoms. The molecule has 2 rings (SSSR count). The van der Waals surface area contributed by atoms with Crippen molar-refractivity contribution in [2.45, 2.75) is 11.1 Å². The quantitative estimate of drug-likeness (QED) is 0.246. The topological polar surface area (TPSA) is 103 Å². The number of amides is 1. The number of aromatic nitrogens is 1. The highest BCUT2D eigenvalue weighted by Crippen LogP contribution is 2.30. The summed E-state index contributed by atoms with van der Waals surface area (Å²) in [5.74, 6) is 6.25. The van der Waals surface area contributed by atoms with E-state index in [0.717, 1.165) is 15.7 Å². The lowest BCUT2D eigenvalue weighted by atomic mass is 10.2. The maximum atomic E-state index is 11.3. The van der Waals surface area contributed by atoms with Gasteiger partial charge in [0.15, 0.2) is 5.13 Å². The number of nitrogens with zero attached hydrogens (tertiary/aromatic N) is 1. The molecule has 1 heterocycles. The van der Waals surface area contributed by atoms with Crippen LogP contribution < -0.4 is 21.7 Å². The van der Waals surface area contributed by atoms with E-state index < -0.39 is 0 Å². The predicted molar refractivity (Wildman–Crippen MR) is 85.6 cm³/mol. The molecule has 0 aliphatic rings. The van der Waals surface area contributed by atoms with Crippen molar-refractivity contribution >= 4 is 34.1 Å². The first-order chi connectivity index (χ1) is 10.1. The van der Waals surface area contributed by atoms with Crippen LogP contribution in [0, 0.1) is 6.92 Å². The number of hydrazine groups is 1. The Bertz CT molecular complexity index is 613. The first kappa shape index (κ1) is 15.6. The zero-order valence-corrected chi connectivity index (χ0v) is 13.1. The third-order valence-corrected chi connectivity index (χ3v) is 4.92. The van der Waals surface area contributed by atoms with Crippen molar-refractivity contribution in [3.8, 4) is 5.75 Å². The highest BCUT2D eigenvalue weighted by atomic mass is 32.2. The average Bonchev–Trinajstić information content (AvgIpc) is 2.81. The molecule has 5 N–H and O–H groups in total. The van der Waals surface area contributed by atoms with Gasteiger partial charge in [0.25, 0.3) is 5.91 Å². The molecule has 0 atom stereocenters. The molecule has 0 saturated heterocycles. The van der Waals surface area contributed by atoms with Crippen LogP contribution in [0.15, 0.2) is 28.5 Å². The van der Waals surface area contributed by atoms with Gasteiger partial charge in [-0.2, -0.15) is 0 Å². The van der Waals surface area contributed by atoms with Crippen LogP contribution in [0.2, 0.25) is 0 Å². The van der Waals surface area contributed by atoms with Crippen molar-refractivity contribution in [1.82, 2.24) is 10.4 Å². The van der Waals surface area contributed by atoms with E-state index in [9.17, 15) is 4.79 Å². The third kappa shape index (κ3) is 4.35. The van der Waals surface area contributed by atoms with Crippen molar-refractivity contribution in [2.75, 3.05) is 18.1 Å². The molecule has 112 valence electrons. The number of nitrogen functional groups attached to an aromatic ring is 2. The van der Waals surface area contributed by atoms with Gasteiger partial charge < -0.3 is 10.5 Å². The van der Waals surface area contributed by atoms with Crippen LogP contribution in [0.4, 0.5) is 5.13 Å². The van der Waals surface area contributed by atoms with Crippen LogP contribution in [-0.4, -0.2) is 23.3 Å². The standard InChI is InChI=1S/C13H16N4O2S2/c1-8-12(21-13(14)16-8)20-7-6-19-10-4-2-9(3-5-10)11(18)17-15/h2-5H,6-7,15H2,1H3,(H2,14,16)(H,17,18). The number of carbonyl (C=O) groups excluding carboxylic acids is 1. The number of nitrogens with one attached hydrogen (secondary N) is 1. The van der Waals surface area contributed by atoms with Crippen LogP contribution in [0.3, 0.4) is 0 Å². The predicted octanol–water partition coefficient (Wildman–Crippen LogP) is 1.81. The van der Waals surface area contributed by atoms with Crippen molar-refractivity contribution < 1.29 is 9.53 Å². The van der Waals surface area contributed by atoms with E-state index in [4.69, 9.17) is 16.3 Å². The Morgan fingerprint density at radius 3 is 2.71 bits per heavy atom. The monoisotopic (exact) mass is 324 g/mol. The summed E-state index contributed by atoms with van der Waals surface area (Å²) in [4.78, 5) is 15.4. The Labute approximate surface area is 130 Å². The third-order valence-electron chi connectivity index (χ3n) is 2.60. The SMILES string of the molecule is Cc1nc(N)sc1SCCOc1ccc(C(=O)NN)cc1. The number of anilines is 1. The Balaban J connectivity index is 1.78. The number of ether oxygens (including phenoxy) is 1. The summed E-state index contributed by atoms with van der Waals surface area (Å²) in [6.07, 6.45) is 0. The van der Waals surface area contributed by atoms with Gasteiger partial charge in [0.2, 0.25) is 0 Å². The minimum absolute atomic E-state index is 0.324. The van der Waals surface area contributed by atoms with Gasteiger partial charge in [0.05, 0.1) is 16.5 Å². The van der Waals surface area contributed by atoms with Crippen LogP contribution in [-0.2, 0) is 0 Å². The van der Waals surface area contributed by atoms with Crippen LogP contribution in [0.1, 0.15) is 16.1 Å². The van der Waals surface area contributed by atoms with E-state index >= 15 is 0 Å². The maximum Gasteiger partial charge on any atom is 0.265 e. The Kier molecular flexibility index (Phi) is 5.43. The highest BCUT2D eigenvalue weighted by molar-refractivity contribution is 8.01. The molecule has 0 radical (unpaired) electrons. The van der Waals surface area contributed by atoms with Gasteiger partial charge in [-0.15, -0.1) is 11.8 Å². The van der Waals surface area contributed by atoms with Gasteiger partial charge in [-0.3, -0.25) is 10.2 Å². The molecular formula is C13H16N4O2S2. The summed E-state index contributed by atoms with van der Waals surface area (Å²) in [6.45, 7) is 2.50. The molecule has 8 heteroatoms. The summed E-state index contributed by atoms with van der Waals surface area (Å²) in [7, 11) is 0. The zero-order valence-electron chi connectivity index (χ0n) is 11.5. The first-order valence-electron chi connectivity index (χ1n) is 6.19. The smallest absolute Gasteiger partial charge is 0.265 e. The highest BCUT2D eigenvalue weighted by Gasteiger charge is 2.06. The molecule has 6 nitrogen and oxygen atoms in total. The summed E-state index contributed by atoms with van der Waals surface area (Å²) in [6, 6.07) is 6.81. The number of aryl methyl sites for hydroxylation is 1. The molecule has 0 fully saturated rings. The fourth-order valence-electron chi connectivity index (χ4n) is 1.62. The fraction of sp³-hybridized carbons (Fsp3) is 0.231. The lowest BCUT2D eigenvalue weighted by Crippen LogP contribution is -2.29. The second-order valence-corrected chi connectivity index (χ2v) is 6.51. The molecule has 21 heavy (non-hydrogen) atoms. The van der Waals surface area contributed by atoms with Gasteiger partial charge >= 0.3 is 0 Å². The minimum Gasteiger partial charge on any atom is -0.493 e. The number of hydrogen-bond acceptors (Lipinski definition) is 7. The summed E-state index contributed by atoms with van der Waals surface area (Å²) < 4.78 is 6.73. The van der Waals surface area contributed by atoms with E-state index in [1.165, 1.54) is 11.3 Å². The van der Waals surface area contributed by atoms with Crippen LogP contribution in [0.25, 0.3) is 0 Å². The maximum absolute atomic E-state index is 11.3. The number of thiazole rings is 1. The normalized spacial score (nSPS) is 10.4. The zero-order chi connectivity index (χ0) is 15.2.